The van der Waals surface area contributed by atoms with E-state index < -0.39 is 5.56 Å². The summed E-state index contributed by atoms with van der Waals surface area (Å²) in [5, 5.41) is 20.0. The fourth-order valence-electron chi connectivity index (χ4n) is 1.83. The molecular weight excluding hydrogens is 234 g/mol. The molecule has 0 radical (unpaired) electrons. The first-order chi connectivity index (χ1) is 8.41. The van der Waals surface area contributed by atoms with E-state index in [1.807, 2.05) is 0 Å². The van der Waals surface area contributed by atoms with Crippen LogP contribution in [0.4, 0.5) is 0 Å². The third-order valence-electron chi connectivity index (χ3n) is 2.67. The maximum atomic E-state index is 12.0. The van der Waals surface area contributed by atoms with E-state index in [1.54, 1.807) is 27.0 Å². The highest BCUT2D eigenvalue weighted by atomic mass is 16.5. The molecule has 2 aromatic rings. The molecule has 2 rings (SSSR count). The highest BCUT2D eigenvalue weighted by Gasteiger charge is 2.17. The SMILES string of the molecule is CC(C)Oc1c(O)c2ccc(O)cc2n(C)c1=O. The van der Waals surface area contributed by atoms with E-state index in [-0.39, 0.29) is 23.4 Å². The summed E-state index contributed by atoms with van der Waals surface area (Å²) in [6.45, 7) is 3.56. The molecule has 1 aromatic carbocycles. The number of hydrogen-bond donors (Lipinski definition) is 2. The van der Waals surface area contributed by atoms with Crippen molar-refractivity contribution in [3.8, 4) is 17.2 Å². The molecule has 2 N–H and O–H groups in total. The minimum atomic E-state index is -0.431. The van der Waals surface area contributed by atoms with Crippen molar-refractivity contribution in [2.45, 2.75) is 20.0 Å². The van der Waals surface area contributed by atoms with Crippen molar-refractivity contribution in [3.63, 3.8) is 0 Å². The van der Waals surface area contributed by atoms with Crippen LogP contribution in [-0.2, 0) is 7.05 Å². The van der Waals surface area contributed by atoms with Gasteiger partial charge in [0.15, 0.2) is 5.75 Å². The van der Waals surface area contributed by atoms with Gasteiger partial charge in [-0.15, -0.1) is 0 Å². The number of benzene rings is 1. The Balaban J connectivity index is 2.83. The summed E-state index contributed by atoms with van der Waals surface area (Å²) in [5.74, 6) is -0.220. The van der Waals surface area contributed by atoms with Gasteiger partial charge in [-0.25, -0.2) is 0 Å². The predicted octanol–water partition coefficient (Wildman–Crippen LogP) is 1.74. The molecule has 0 aliphatic rings. The lowest BCUT2D eigenvalue weighted by Gasteiger charge is -2.14. The second kappa shape index (κ2) is 4.25. The number of nitrogens with zero attached hydrogens (tertiary/aromatic N) is 1. The van der Waals surface area contributed by atoms with Gasteiger partial charge in [0.2, 0.25) is 5.75 Å². The molecule has 0 aliphatic heterocycles. The molecule has 0 spiro atoms. The van der Waals surface area contributed by atoms with Crippen molar-refractivity contribution in [2.75, 3.05) is 0 Å². The van der Waals surface area contributed by atoms with Crippen molar-refractivity contribution in [2.24, 2.45) is 7.05 Å². The van der Waals surface area contributed by atoms with Gasteiger partial charge in [-0.3, -0.25) is 4.79 Å². The Kier molecular flexibility index (Phi) is 2.90. The Morgan fingerprint density at radius 1 is 1.28 bits per heavy atom. The zero-order valence-electron chi connectivity index (χ0n) is 10.5. The Morgan fingerprint density at radius 3 is 2.56 bits per heavy atom. The molecule has 18 heavy (non-hydrogen) atoms. The highest BCUT2D eigenvalue weighted by Crippen LogP contribution is 2.33. The summed E-state index contributed by atoms with van der Waals surface area (Å²) < 4.78 is 6.69. The normalized spacial score (nSPS) is 11.1. The minimum absolute atomic E-state index is 0.0365. The molecule has 0 amide bonds. The zero-order chi connectivity index (χ0) is 13.4. The van der Waals surface area contributed by atoms with Crippen molar-refractivity contribution < 1.29 is 14.9 Å². The predicted molar refractivity (Wildman–Crippen MR) is 68.3 cm³/mol. The van der Waals surface area contributed by atoms with E-state index in [9.17, 15) is 15.0 Å². The number of hydrogen-bond acceptors (Lipinski definition) is 4. The molecule has 0 bridgehead atoms. The van der Waals surface area contributed by atoms with Crippen LogP contribution in [0.2, 0.25) is 0 Å². The van der Waals surface area contributed by atoms with Crippen molar-refractivity contribution in [1.82, 2.24) is 4.57 Å². The van der Waals surface area contributed by atoms with E-state index in [4.69, 9.17) is 4.74 Å². The van der Waals surface area contributed by atoms with E-state index in [1.165, 1.54) is 16.7 Å². The highest BCUT2D eigenvalue weighted by molar-refractivity contribution is 5.88. The largest absolute Gasteiger partial charge is 0.508 e. The molecule has 0 saturated carbocycles. The molecule has 1 aromatic heterocycles. The Bertz CT molecular complexity index is 658. The maximum absolute atomic E-state index is 12.0. The minimum Gasteiger partial charge on any atom is -0.508 e. The summed E-state index contributed by atoms with van der Waals surface area (Å²) in [6.07, 6.45) is -0.210. The van der Waals surface area contributed by atoms with Gasteiger partial charge in [-0.1, -0.05) is 0 Å². The summed E-state index contributed by atoms with van der Waals surface area (Å²) >= 11 is 0. The lowest BCUT2D eigenvalue weighted by molar-refractivity contribution is 0.228. The van der Waals surface area contributed by atoms with Crippen LogP contribution < -0.4 is 10.3 Å². The van der Waals surface area contributed by atoms with Gasteiger partial charge in [0.1, 0.15) is 5.75 Å². The Hall–Kier alpha value is -2.17. The van der Waals surface area contributed by atoms with E-state index in [0.29, 0.717) is 10.9 Å². The van der Waals surface area contributed by atoms with Crippen molar-refractivity contribution in [3.05, 3.63) is 28.6 Å². The van der Waals surface area contributed by atoms with Crippen LogP contribution in [0.25, 0.3) is 10.9 Å². The molecular formula is C13H15NO4. The van der Waals surface area contributed by atoms with Crippen molar-refractivity contribution >= 4 is 10.9 Å². The van der Waals surface area contributed by atoms with Gasteiger partial charge in [0.05, 0.1) is 11.6 Å². The van der Waals surface area contributed by atoms with E-state index in [2.05, 4.69) is 0 Å². The molecule has 0 unspecified atom stereocenters. The first-order valence-corrected chi connectivity index (χ1v) is 5.63. The van der Waals surface area contributed by atoms with Crippen LogP contribution in [0, 0.1) is 0 Å². The van der Waals surface area contributed by atoms with Crippen LogP contribution >= 0.6 is 0 Å². The van der Waals surface area contributed by atoms with Gasteiger partial charge in [0.25, 0.3) is 5.56 Å². The number of aryl methyl sites for hydroxylation is 1. The first kappa shape index (κ1) is 12.3. The molecule has 0 aliphatic carbocycles. The van der Waals surface area contributed by atoms with Crippen LogP contribution in [0.5, 0.6) is 17.2 Å². The van der Waals surface area contributed by atoms with Crippen molar-refractivity contribution in [1.29, 1.82) is 0 Å². The summed E-state index contributed by atoms with van der Waals surface area (Å²) in [7, 11) is 1.57. The number of phenolic OH excluding ortho intramolecular Hbond substituents is 1. The maximum Gasteiger partial charge on any atom is 0.297 e. The monoisotopic (exact) mass is 249 g/mol. The second-order valence-corrected chi connectivity index (χ2v) is 4.41. The van der Waals surface area contributed by atoms with Crippen LogP contribution in [-0.4, -0.2) is 20.9 Å². The number of aromatic nitrogens is 1. The second-order valence-electron chi connectivity index (χ2n) is 4.41. The number of rotatable bonds is 2. The van der Waals surface area contributed by atoms with Gasteiger partial charge < -0.3 is 19.5 Å². The fourth-order valence-corrected chi connectivity index (χ4v) is 1.83. The fraction of sp³-hybridized carbons (Fsp3) is 0.308. The summed E-state index contributed by atoms with van der Waals surface area (Å²) in [4.78, 5) is 12.0. The number of pyridine rings is 1. The molecule has 5 heteroatoms. The number of fused-ring (bicyclic) bond motifs is 1. The quantitative estimate of drug-likeness (QED) is 0.850. The van der Waals surface area contributed by atoms with Gasteiger partial charge in [-0.05, 0) is 26.0 Å². The lowest BCUT2D eigenvalue weighted by atomic mass is 10.1. The average molecular weight is 249 g/mol. The van der Waals surface area contributed by atoms with Gasteiger partial charge in [0, 0.05) is 18.5 Å². The van der Waals surface area contributed by atoms with Gasteiger partial charge >= 0.3 is 0 Å². The summed E-state index contributed by atoms with van der Waals surface area (Å²) in [5.41, 5.74) is 0.0212. The topological polar surface area (TPSA) is 71.7 Å². The Morgan fingerprint density at radius 2 is 1.94 bits per heavy atom. The van der Waals surface area contributed by atoms with Crippen LogP contribution in [0.1, 0.15) is 13.8 Å². The third-order valence-corrected chi connectivity index (χ3v) is 2.67. The van der Waals surface area contributed by atoms with Crippen LogP contribution in [0.15, 0.2) is 23.0 Å². The standard InChI is InChI=1S/C13H15NO4/c1-7(2)18-12-11(16)9-5-4-8(15)6-10(9)14(3)13(12)17/h4-7,15-16H,1-3H3. The number of ether oxygens (including phenoxy) is 1. The summed E-state index contributed by atoms with van der Waals surface area (Å²) in [6, 6.07) is 4.42. The molecule has 0 saturated heterocycles. The lowest BCUT2D eigenvalue weighted by Crippen LogP contribution is -2.22. The van der Waals surface area contributed by atoms with E-state index >= 15 is 0 Å². The molecule has 1 heterocycles. The van der Waals surface area contributed by atoms with E-state index in [0.717, 1.165) is 0 Å². The molecule has 0 atom stereocenters. The third kappa shape index (κ3) is 1.88. The smallest absolute Gasteiger partial charge is 0.297 e. The number of aromatic hydroxyl groups is 2. The zero-order valence-corrected chi connectivity index (χ0v) is 10.5. The molecule has 5 nitrogen and oxygen atoms in total. The van der Waals surface area contributed by atoms with Gasteiger partial charge in [-0.2, -0.15) is 0 Å². The average Bonchev–Trinajstić information content (AvgIpc) is 2.31. The Labute approximate surface area is 104 Å². The molecule has 0 fully saturated rings. The number of phenols is 1. The van der Waals surface area contributed by atoms with Crippen LogP contribution in [0.3, 0.4) is 0 Å². The first-order valence-electron chi connectivity index (χ1n) is 5.63. The molecule has 96 valence electrons.